The number of rotatable bonds is 5. The highest BCUT2D eigenvalue weighted by Crippen LogP contribution is 1.97. The lowest BCUT2D eigenvalue weighted by Gasteiger charge is -2.05. The molecule has 0 saturated heterocycles. The quantitative estimate of drug-likeness (QED) is 0.704. The van der Waals surface area contributed by atoms with Gasteiger partial charge >= 0.3 is 6.03 Å². The SMILES string of the molecule is C=CCNC(=O)NCCc1ccccc1. The predicted octanol–water partition coefficient (Wildman–Crippen LogP) is 1.71. The molecule has 3 nitrogen and oxygen atoms in total. The Morgan fingerprint density at radius 3 is 2.67 bits per heavy atom. The first-order valence-corrected chi connectivity index (χ1v) is 4.99. The molecule has 0 aliphatic heterocycles. The number of amides is 2. The summed E-state index contributed by atoms with van der Waals surface area (Å²) < 4.78 is 0. The Bertz CT molecular complexity index is 309. The molecule has 0 aliphatic rings. The van der Waals surface area contributed by atoms with Gasteiger partial charge in [0, 0.05) is 13.1 Å². The highest BCUT2D eigenvalue weighted by molar-refractivity contribution is 5.73. The molecule has 0 aliphatic carbocycles. The van der Waals surface area contributed by atoms with Crippen LogP contribution >= 0.6 is 0 Å². The Hall–Kier alpha value is -1.77. The average Bonchev–Trinajstić information content (AvgIpc) is 2.28. The molecular formula is C12H16N2O. The van der Waals surface area contributed by atoms with Crippen molar-refractivity contribution in [3.63, 3.8) is 0 Å². The number of benzene rings is 1. The standard InChI is InChI=1S/C12H16N2O/c1-2-9-13-12(15)14-10-8-11-6-4-3-5-7-11/h2-7H,1,8-10H2,(H2,13,14,15). The Balaban J connectivity index is 2.16. The molecule has 0 radical (unpaired) electrons. The summed E-state index contributed by atoms with van der Waals surface area (Å²) in [5.41, 5.74) is 1.22. The van der Waals surface area contributed by atoms with Crippen molar-refractivity contribution in [2.24, 2.45) is 0 Å². The van der Waals surface area contributed by atoms with Crippen LogP contribution in [0.2, 0.25) is 0 Å². The van der Waals surface area contributed by atoms with Gasteiger partial charge in [-0.2, -0.15) is 0 Å². The monoisotopic (exact) mass is 204 g/mol. The van der Waals surface area contributed by atoms with E-state index in [0.29, 0.717) is 13.1 Å². The maximum atomic E-state index is 11.1. The molecule has 0 fully saturated rings. The number of nitrogens with one attached hydrogen (secondary N) is 2. The Morgan fingerprint density at radius 2 is 2.00 bits per heavy atom. The molecule has 0 aromatic heterocycles. The summed E-state index contributed by atoms with van der Waals surface area (Å²) in [4.78, 5) is 11.1. The highest BCUT2D eigenvalue weighted by atomic mass is 16.2. The van der Waals surface area contributed by atoms with Crippen molar-refractivity contribution in [1.82, 2.24) is 10.6 Å². The zero-order valence-corrected chi connectivity index (χ0v) is 8.70. The fraction of sp³-hybridized carbons (Fsp3) is 0.250. The van der Waals surface area contributed by atoms with Crippen LogP contribution in [0.3, 0.4) is 0 Å². The van der Waals surface area contributed by atoms with Crippen molar-refractivity contribution in [2.45, 2.75) is 6.42 Å². The number of carbonyl (C=O) groups is 1. The fourth-order valence-corrected chi connectivity index (χ4v) is 1.19. The number of carbonyl (C=O) groups excluding carboxylic acids is 1. The summed E-state index contributed by atoms with van der Waals surface area (Å²) in [6, 6.07) is 9.91. The number of hydrogen-bond acceptors (Lipinski definition) is 1. The minimum Gasteiger partial charge on any atom is -0.338 e. The molecule has 0 atom stereocenters. The van der Waals surface area contributed by atoms with E-state index < -0.39 is 0 Å². The van der Waals surface area contributed by atoms with E-state index in [1.165, 1.54) is 5.56 Å². The van der Waals surface area contributed by atoms with Gasteiger partial charge in [0.1, 0.15) is 0 Å². The van der Waals surface area contributed by atoms with Crippen molar-refractivity contribution in [2.75, 3.05) is 13.1 Å². The van der Waals surface area contributed by atoms with Crippen LogP contribution in [0, 0.1) is 0 Å². The normalized spacial score (nSPS) is 9.33. The molecule has 0 saturated carbocycles. The minimum absolute atomic E-state index is 0.147. The third-order valence-electron chi connectivity index (χ3n) is 1.95. The lowest BCUT2D eigenvalue weighted by Crippen LogP contribution is -2.36. The van der Waals surface area contributed by atoms with Gasteiger partial charge in [-0.1, -0.05) is 36.4 Å². The van der Waals surface area contributed by atoms with Gasteiger partial charge in [-0.25, -0.2) is 4.79 Å². The minimum atomic E-state index is -0.147. The summed E-state index contributed by atoms with van der Waals surface area (Å²) in [7, 11) is 0. The summed E-state index contributed by atoms with van der Waals surface area (Å²) >= 11 is 0. The molecule has 0 bridgehead atoms. The van der Waals surface area contributed by atoms with Gasteiger partial charge in [0.25, 0.3) is 0 Å². The van der Waals surface area contributed by atoms with E-state index >= 15 is 0 Å². The zero-order valence-electron chi connectivity index (χ0n) is 8.70. The van der Waals surface area contributed by atoms with Gasteiger partial charge in [-0.15, -0.1) is 6.58 Å². The van der Waals surface area contributed by atoms with Gasteiger partial charge in [-0.05, 0) is 12.0 Å². The van der Waals surface area contributed by atoms with E-state index in [1.807, 2.05) is 30.3 Å². The Kier molecular flexibility index (Phi) is 5.01. The lowest BCUT2D eigenvalue weighted by molar-refractivity contribution is 0.242. The largest absolute Gasteiger partial charge is 0.338 e. The second-order valence-electron chi connectivity index (χ2n) is 3.16. The number of hydrogen-bond donors (Lipinski definition) is 2. The Labute approximate surface area is 90.2 Å². The molecule has 3 heteroatoms. The predicted molar refractivity (Wildman–Crippen MR) is 61.7 cm³/mol. The van der Waals surface area contributed by atoms with Crippen molar-refractivity contribution in [3.8, 4) is 0 Å². The molecule has 15 heavy (non-hydrogen) atoms. The molecule has 80 valence electrons. The summed E-state index contributed by atoms with van der Waals surface area (Å²) in [5.74, 6) is 0. The van der Waals surface area contributed by atoms with Crippen molar-refractivity contribution in [1.29, 1.82) is 0 Å². The first-order valence-electron chi connectivity index (χ1n) is 4.99. The van der Waals surface area contributed by atoms with E-state index in [4.69, 9.17) is 0 Å². The number of urea groups is 1. The highest BCUT2D eigenvalue weighted by Gasteiger charge is 1.96. The van der Waals surface area contributed by atoms with Crippen molar-refractivity contribution in [3.05, 3.63) is 48.6 Å². The van der Waals surface area contributed by atoms with E-state index in [9.17, 15) is 4.79 Å². The van der Waals surface area contributed by atoms with Gasteiger partial charge < -0.3 is 10.6 Å². The van der Waals surface area contributed by atoms with Gasteiger partial charge in [0.05, 0.1) is 0 Å². The molecule has 0 unspecified atom stereocenters. The summed E-state index contributed by atoms with van der Waals surface area (Å²) in [6.07, 6.45) is 2.50. The van der Waals surface area contributed by atoms with Gasteiger partial charge in [0.2, 0.25) is 0 Å². The molecule has 0 heterocycles. The summed E-state index contributed by atoms with van der Waals surface area (Å²) in [5, 5.41) is 5.42. The van der Waals surface area contributed by atoms with Crippen LogP contribution in [0.5, 0.6) is 0 Å². The van der Waals surface area contributed by atoms with Crippen LogP contribution in [0.1, 0.15) is 5.56 Å². The van der Waals surface area contributed by atoms with E-state index in [1.54, 1.807) is 6.08 Å². The molecule has 2 N–H and O–H groups in total. The second kappa shape index (κ2) is 6.65. The van der Waals surface area contributed by atoms with Crippen LogP contribution in [-0.2, 0) is 6.42 Å². The zero-order chi connectivity index (χ0) is 10.9. The molecule has 0 spiro atoms. The lowest BCUT2D eigenvalue weighted by atomic mass is 10.1. The second-order valence-corrected chi connectivity index (χ2v) is 3.16. The molecule has 1 aromatic rings. The molecule has 2 amide bonds. The maximum Gasteiger partial charge on any atom is 0.315 e. The molecule has 1 rings (SSSR count). The first-order chi connectivity index (χ1) is 7.33. The third kappa shape index (κ3) is 4.86. The van der Waals surface area contributed by atoms with Crippen LogP contribution in [-0.4, -0.2) is 19.1 Å². The topological polar surface area (TPSA) is 41.1 Å². The van der Waals surface area contributed by atoms with Crippen LogP contribution in [0.15, 0.2) is 43.0 Å². The smallest absolute Gasteiger partial charge is 0.315 e. The molecule has 1 aromatic carbocycles. The summed E-state index contributed by atoms with van der Waals surface area (Å²) in [6.45, 7) is 4.66. The van der Waals surface area contributed by atoms with Crippen molar-refractivity contribution < 1.29 is 4.79 Å². The van der Waals surface area contributed by atoms with Gasteiger partial charge in [0.15, 0.2) is 0 Å². The Morgan fingerprint density at radius 1 is 1.27 bits per heavy atom. The van der Waals surface area contributed by atoms with Crippen LogP contribution in [0.4, 0.5) is 4.79 Å². The van der Waals surface area contributed by atoms with Gasteiger partial charge in [-0.3, -0.25) is 0 Å². The van der Waals surface area contributed by atoms with E-state index in [-0.39, 0.29) is 6.03 Å². The first kappa shape index (κ1) is 11.3. The maximum absolute atomic E-state index is 11.1. The van der Waals surface area contributed by atoms with E-state index in [0.717, 1.165) is 6.42 Å². The molecular weight excluding hydrogens is 188 g/mol. The van der Waals surface area contributed by atoms with Crippen LogP contribution in [0.25, 0.3) is 0 Å². The van der Waals surface area contributed by atoms with Crippen molar-refractivity contribution >= 4 is 6.03 Å². The average molecular weight is 204 g/mol. The third-order valence-corrected chi connectivity index (χ3v) is 1.95. The van der Waals surface area contributed by atoms with Crippen LogP contribution < -0.4 is 10.6 Å². The van der Waals surface area contributed by atoms with E-state index in [2.05, 4.69) is 17.2 Å². The fourth-order valence-electron chi connectivity index (χ4n) is 1.19.